The predicted octanol–water partition coefficient (Wildman–Crippen LogP) is 2.58. The summed E-state index contributed by atoms with van der Waals surface area (Å²) in [6.45, 7) is 3.53. The van der Waals surface area contributed by atoms with Crippen LogP contribution in [0.25, 0.3) is 0 Å². The number of carboxylic acids is 1. The van der Waals surface area contributed by atoms with Crippen molar-refractivity contribution in [2.24, 2.45) is 0 Å². The quantitative estimate of drug-likeness (QED) is 0.871. The van der Waals surface area contributed by atoms with Gasteiger partial charge in [-0.3, -0.25) is 4.79 Å². The van der Waals surface area contributed by atoms with Crippen molar-refractivity contribution < 1.29 is 9.90 Å². The second kappa shape index (κ2) is 7.60. The van der Waals surface area contributed by atoms with Crippen LogP contribution in [0, 0.1) is 0 Å². The molecule has 4 nitrogen and oxygen atoms in total. The summed E-state index contributed by atoms with van der Waals surface area (Å²) in [4.78, 5) is 18.5. The van der Waals surface area contributed by atoms with Gasteiger partial charge >= 0.3 is 5.97 Å². The minimum atomic E-state index is -0.737. The molecule has 0 aliphatic carbocycles. The van der Waals surface area contributed by atoms with E-state index in [2.05, 4.69) is 9.88 Å². The molecule has 2 heterocycles. The maximum Gasteiger partial charge on any atom is 0.303 e. The molecule has 19 heavy (non-hydrogen) atoms. The number of carbonyl (C=O) groups is 1. The Bertz CT molecular complexity index is 398. The molecule has 2 rings (SSSR count). The molecule has 1 aromatic rings. The summed E-state index contributed by atoms with van der Waals surface area (Å²) >= 11 is 1.67. The smallest absolute Gasteiger partial charge is 0.303 e. The molecule has 0 aromatic carbocycles. The monoisotopic (exact) mass is 282 g/mol. The number of nitrogens with zero attached hydrogens (tertiary/aromatic N) is 2. The summed E-state index contributed by atoms with van der Waals surface area (Å²) in [6.07, 6.45) is 9.03. The first-order valence-electron chi connectivity index (χ1n) is 7.12. The number of hydrogen-bond donors (Lipinski definition) is 1. The van der Waals surface area contributed by atoms with Crippen LogP contribution in [0.1, 0.15) is 42.0 Å². The third-order valence-corrected chi connectivity index (χ3v) is 4.64. The van der Waals surface area contributed by atoms with E-state index in [1.165, 1.54) is 38.8 Å². The maximum absolute atomic E-state index is 10.5. The van der Waals surface area contributed by atoms with Crippen molar-refractivity contribution in [2.75, 3.05) is 19.6 Å². The highest BCUT2D eigenvalue weighted by atomic mass is 32.1. The van der Waals surface area contributed by atoms with Crippen molar-refractivity contribution in [3.8, 4) is 0 Å². The molecule has 0 spiro atoms. The number of carboxylic acid groups (broad SMARTS) is 1. The highest BCUT2D eigenvalue weighted by Gasteiger charge is 2.10. The van der Waals surface area contributed by atoms with Crippen LogP contribution in [0.4, 0.5) is 0 Å². The van der Waals surface area contributed by atoms with Gasteiger partial charge in [0, 0.05) is 24.0 Å². The lowest BCUT2D eigenvalue weighted by Gasteiger charge is -2.18. The van der Waals surface area contributed by atoms with Crippen molar-refractivity contribution in [1.29, 1.82) is 0 Å². The molecule has 0 radical (unpaired) electrons. The van der Waals surface area contributed by atoms with Crippen LogP contribution in [-0.4, -0.2) is 40.6 Å². The number of hydrogen-bond acceptors (Lipinski definition) is 4. The van der Waals surface area contributed by atoms with E-state index in [1.54, 1.807) is 11.3 Å². The van der Waals surface area contributed by atoms with Gasteiger partial charge in [-0.05, 0) is 32.4 Å². The Kier molecular flexibility index (Phi) is 5.79. The summed E-state index contributed by atoms with van der Waals surface area (Å²) < 4.78 is 0. The average Bonchev–Trinajstić information content (AvgIpc) is 2.68. The van der Waals surface area contributed by atoms with Crippen LogP contribution < -0.4 is 0 Å². The number of aromatic nitrogens is 1. The van der Waals surface area contributed by atoms with Crippen LogP contribution in [0.15, 0.2) is 6.20 Å². The van der Waals surface area contributed by atoms with Gasteiger partial charge in [0.2, 0.25) is 0 Å². The fourth-order valence-electron chi connectivity index (χ4n) is 2.42. The topological polar surface area (TPSA) is 53.4 Å². The lowest BCUT2D eigenvalue weighted by Crippen LogP contribution is -2.26. The Morgan fingerprint density at radius 2 is 2.00 bits per heavy atom. The molecule has 1 N–H and O–H groups in total. The molecule has 0 atom stereocenters. The minimum Gasteiger partial charge on any atom is -0.481 e. The Labute approximate surface area is 118 Å². The van der Waals surface area contributed by atoms with E-state index >= 15 is 0 Å². The first-order valence-corrected chi connectivity index (χ1v) is 7.93. The third-order valence-electron chi connectivity index (χ3n) is 3.53. The normalized spacial score (nSPS) is 17.3. The summed E-state index contributed by atoms with van der Waals surface area (Å²) in [5, 5.41) is 9.80. The first kappa shape index (κ1) is 14.5. The van der Waals surface area contributed by atoms with Crippen molar-refractivity contribution in [1.82, 2.24) is 9.88 Å². The lowest BCUT2D eigenvalue weighted by atomic mass is 10.2. The highest BCUT2D eigenvalue weighted by molar-refractivity contribution is 7.11. The third kappa shape index (κ3) is 5.28. The van der Waals surface area contributed by atoms with Gasteiger partial charge in [-0.15, -0.1) is 11.3 Å². The number of thiazole rings is 1. The Hall–Kier alpha value is -0.940. The van der Waals surface area contributed by atoms with Gasteiger partial charge in [0.05, 0.1) is 11.4 Å². The molecule has 5 heteroatoms. The van der Waals surface area contributed by atoms with Crippen molar-refractivity contribution in [3.63, 3.8) is 0 Å². The maximum atomic E-state index is 10.5. The van der Waals surface area contributed by atoms with Crippen molar-refractivity contribution >= 4 is 17.3 Å². The van der Waals surface area contributed by atoms with Crippen LogP contribution in [0.2, 0.25) is 0 Å². The van der Waals surface area contributed by atoms with Crippen molar-refractivity contribution in [3.05, 3.63) is 16.1 Å². The van der Waals surface area contributed by atoms with E-state index in [4.69, 9.17) is 5.11 Å². The van der Waals surface area contributed by atoms with E-state index in [0.717, 1.165) is 22.9 Å². The summed E-state index contributed by atoms with van der Waals surface area (Å²) in [5.41, 5.74) is 0. The first-order chi connectivity index (χ1) is 9.24. The van der Waals surface area contributed by atoms with Gasteiger partial charge in [-0.2, -0.15) is 0 Å². The lowest BCUT2D eigenvalue weighted by molar-refractivity contribution is -0.136. The highest BCUT2D eigenvalue weighted by Crippen LogP contribution is 2.16. The molecule has 1 fully saturated rings. The van der Waals surface area contributed by atoms with Crippen LogP contribution in [-0.2, 0) is 17.6 Å². The molecule has 1 aromatic heterocycles. The molecular weight excluding hydrogens is 260 g/mol. The van der Waals surface area contributed by atoms with E-state index < -0.39 is 5.97 Å². The van der Waals surface area contributed by atoms with Crippen LogP contribution in [0.3, 0.4) is 0 Å². The summed E-state index contributed by atoms with van der Waals surface area (Å²) in [5.74, 6) is -0.737. The van der Waals surface area contributed by atoms with E-state index in [1.807, 2.05) is 6.20 Å². The largest absolute Gasteiger partial charge is 0.481 e. The SMILES string of the molecule is O=C(O)CCc1cnc(CCN2CCCCCC2)s1. The second-order valence-electron chi connectivity index (χ2n) is 5.12. The molecule has 1 aliphatic rings. The van der Waals surface area contributed by atoms with E-state index in [9.17, 15) is 4.79 Å². The number of likely N-dealkylation sites (tertiary alicyclic amines) is 1. The Morgan fingerprint density at radius 1 is 1.26 bits per heavy atom. The minimum absolute atomic E-state index is 0.202. The number of aliphatic carboxylic acids is 1. The predicted molar refractivity (Wildman–Crippen MR) is 76.7 cm³/mol. The summed E-state index contributed by atoms with van der Waals surface area (Å²) in [6, 6.07) is 0. The van der Waals surface area contributed by atoms with Gasteiger partial charge in [0.1, 0.15) is 0 Å². The molecular formula is C14H22N2O2S. The molecule has 0 bridgehead atoms. The molecule has 0 unspecified atom stereocenters. The van der Waals surface area contributed by atoms with Crippen LogP contribution in [0.5, 0.6) is 0 Å². The fraction of sp³-hybridized carbons (Fsp3) is 0.714. The molecule has 1 aliphatic heterocycles. The Morgan fingerprint density at radius 3 is 2.68 bits per heavy atom. The number of rotatable bonds is 6. The van der Waals surface area contributed by atoms with Gasteiger partial charge in [0.15, 0.2) is 0 Å². The Balaban J connectivity index is 1.74. The zero-order valence-electron chi connectivity index (χ0n) is 11.3. The van der Waals surface area contributed by atoms with Gasteiger partial charge in [-0.1, -0.05) is 12.8 Å². The fourth-order valence-corrected chi connectivity index (χ4v) is 3.33. The van der Waals surface area contributed by atoms with Gasteiger partial charge in [0.25, 0.3) is 0 Å². The zero-order chi connectivity index (χ0) is 13.5. The van der Waals surface area contributed by atoms with Gasteiger partial charge < -0.3 is 10.0 Å². The van der Waals surface area contributed by atoms with Crippen molar-refractivity contribution in [2.45, 2.75) is 44.9 Å². The number of aryl methyl sites for hydroxylation is 1. The molecule has 1 saturated heterocycles. The van der Waals surface area contributed by atoms with E-state index in [0.29, 0.717) is 6.42 Å². The second-order valence-corrected chi connectivity index (χ2v) is 6.32. The summed E-state index contributed by atoms with van der Waals surface area (Å²) in [7, 11) is 0. The van der Waals surface area contributed by atoms with E-state index in [-0.39, 0.29) is 6.42 Å². The molecule has 0 amide bonds. The average molecular weight is 282 g/mol. The zero-order valence-corrected chi connectivity index (χ0v) is 12.1. The van der Waals surface area contributed by atoms with Crippen LogP contribution >= 0.6 is 11.3 Å². The molecule has 0 saturated carbocycles. The molecule has 106 valence electrons. The van der Waals surface area contributed by atoms with Gasteiger partial charge in [-0.25, -0.2) is 4.98 Å². The standard InChI is InChI=1S/C14H22N2O2S/c17-14(18)6-5-12-11-15-13(19-12)7-10-16-8-3-1-2-4-9-16/h11H,1-10H2,(H,17,18).